The van der Waals surface area contributed by atoms with Crippen LogP contribution in [0.15, 0.2) is 22.8 Å². The topological polar surface area (TPSA) is 91.1 Å². The number of carboxylic acids is 1. The SMILES string of the molecule is C[C@@H]1[C@H](C(=O)O)CCCN1C(=O)C1CC(=O)N(Cc2ccco2)C1. The molecule has 7 heteroatoms. The number of carboxylic acid groups (broad SMARTS) is 1. The molecule has 2 saturated heterocycles. The molecule has 2 amide bonds. The second-order valence-electron chi connectivity index (χ2n) is 6.61. The number of furan rings is 1. The van der Waals surface area contributed by atoms with Crippen LogP contribution >= 0.6 is 0 Å². The summed E-state index contributed by atoms with van der Waals surface area (Å²) in [5, 5.41) is 9.29. The van der Waals surface area contributed by atoms with Crippen LogP contribution < -0.4 is 0 Å². The number of nitrogens with zero attached hydrogens (tertiary/aromatic N) is 2. The van der Waals surface area contributed by atoms with E-state index in [4.69, 9.17) is 4.42 Å². The van der Waals surface area contributed by atoms with E-state index in [0.29, 0.717) is 38.2 Å². The van der Waals surface area contributed by atoms with Crippen molar-refractivity contribution in [3.63, 3.8) is 0 Å². The Morgan fingerprint density at radius 1 is 1.42 bits per heavy atom. The molecule has 2 aliphatic heterocycles. The van der Waals surface area contributed by atoms with Crippen LogP contribution in [0.2, 0.25) is 0 Å². The van der Waals surface area contributed by atoms with Gasteiger partial charge in [0, 0.05) is 25.6 Å². The molecule has 0 aliphatic carbocycles. The van der Waals surface area contributed by atoms with Crippen molar-refractivity contribution in [2.24, 2.45) is 11.8 Å². The Morgan fingerprint density at radius 2 is 2.21 bits per heavy atom. The van der Waals surface area contributed by atoms with Crippen molar-refractivity contribution in [3.8, 4) is 0 Å². The molecule has 1 N–H and O–H groups in total. The quantitative estimate of drug-likeness (QED) is 0.897. The van der Waals surface area contributed by atoms with Crippen molar-refractivity contribution in [2.45, 2.75) is 38.8 Å². The van der Waals surface area contributed by atoms with Gasteiger partial charge in [-0.3, -0.25) is 14.4 Å². The van der Waals surface area contributed by atoms with Gasteiger partial charge in [0.25, 0.3) is 0 Å². The Morgan fingerprint density at radius 3 is 2.88 bits per heavy atom. The fourth-order valence-corrected chi connectivity index (χ4v) is 3.70. The lowest BCUT2D eigenvalue weighted by atomic mass is 9.89. The summed E-state index contributed by atoms with van der Waals surface area (Å²) in [5.74, 6) is -1.27. The van der Waals surface area contributed by atoms with Gasteiger partial charge in [-0.15, -0.1) is 0 Å². The van der Waals surface area contributed by atoms with Crippen molar-refractivity contribution in [1.29, 1.82) is 0 Å². The number of amides is 2. The molecule has 130 valence electrons. The number of carbonyl (C=O) groups excluding carboxylic acids is 2. The zero-order valence-corrected chi connectivity index (χ0v) is 13.7. The standard InChI is InChI=1S/C17H22N2O5/c1-11-14(17(22)23)5-2-6-19(11)16(21)12-8-15(20)18(9-12)10-13-4-3-7-24-13/h3-4,7,11-12,14H,2,5-6,8-10H2,1H3,(H,22,23)/t11-,12?,14-/m1/s1. The van der Waals surface area contributed by atoms with E-state index in [1.165, 1.54) is 0 Å². The monoisotopic (exact) mass is 334 g/mol. The first kappa shape index (κ1) is 16.5. The zero-order chi connectivity index (χ0) is 17.3. The van der Waals surface area contributed by atoms with Crippen LogP contribution in [0.25, 0.3) is 0 Å². The van der Waals surface area contributed by atoms with Crippen LogP contribution in [-0.4, -0.2) is 51.8 Å². The highest BCUT2D eigenvalue weighted by atomic mass is 16.4. The second kappa shape index (κ2) is 6.67. The third-order valence-corrected chi connectivity index (χ3v) is 5.08. The smallest absolute Gasteiger partial charge is 0.308 e. The third kappa shape index (κ3) is 3.16. The number of aliphatic carboxylic acids is 1. The maximum absolute atomic E-state index is 12.8. The molecule has 3 heterocycles. The second-order valence-corrected chi connectivity index (χ2v) is 6.61. The van der Waals surface area contributed by atoms with E-state index in [0.717, 1.165) is 0 Å². The van der Waals surface area contributed by atoms with Crippen LogP contribution in [0.1, 0.15) is 31.9 Å². The molecule has 0 radical (unpaired) electrons. The summed E-state index contributed by atoms with van der Waals surface area (Å²) < 4.78 is 5.26. The molecule has 7 nitrogen and oxygen atoms in total. The minimum absolute atomic E-state index is 0.0656. The van der Waals surface area contributed by atoms with Gasteiger partial charge in [0.15, 0.2) is 0 Å². The van der Waals surface area contributed by atoms with Gasteiger partial charge >= 0.3 is 5.97 Å². The van der Waals surface area contributed by atoms with Gasteiger partial charge in [0.05, 0.1) is 24.6 Å². The largest absolute Gasteiger partial charge is 0.481 e. The number of hydrogen-bond acceptors (Lipinski definition) is 4. The molecule has 1 unspecified atom stereocenters. The molecule has 3 atom stereocenters. The first-order valence-electron chi connectivity index (χ1n) is 8.31. The molecule has 0 aromatic carbocycles. The van der Waals surface area contributed by atoms with E-state index >= 15 is 0 Å². The van der Waals surface area contributed by atoms with E-state index in [9.17, 15) is 19.5 Å². The summed E-state index contributed by atoms with van der Waals surface area (Å²) in [6.07, 6.45) is 3.01. The molecule has 2 fully saturated rings. The Balaban J connectivity index is 1.65. The lowest BCUT2D eigenvalue weighted by Crippen LogP contribution is -2.51. The van der Waals surface area contributed by atoms with Crippen molar-refractivity contribution >= 4 is 17.8 Å². The van der Waals surface area contributed by atoms with Crippen LogP contribution in [0.5, 0.6) is 0 Å². The van der Waals surface area contributed by atoms with E-state index in [1.54, 1.807) is 35.1 Å². The minimum atomic E-state index is -0.859. The van der Waals surface area contributed by atoms with Gasteiger partial charge in [-0.1, -0.05) is 0 Å². The van der Waals surface area contributed by atoms with E-state index in [-0.39, 0.29) is 24.3 Å². The molecule has 1 aromatic rings. The van der Waals surface area contributed by atoms with Crippen LogP contribution in [0.3, 0.4) is 0 Å². The predicted molar refractivity (Wildman–Crippen MR) is 83.8 cm³/mol. The first-order valence-corrected chi connectivity index (χ1v) is 8.31. The highest BCUT2D eigenvalue weighted by molar-refractivity contribution is 5.89. The summed E-state index contributed by atoms with van der Waals surface area (Å²) in [6, 6.07) is 3.23. The first-order chi connectivity index (χ1) is 11.5. The third-order valence-electron chi connectivity index (χ3n) is 5.08. The summed E-state index contributed by atoms with van der Waals surface area (Å²) in [6.45, 7) is 3.07. The Bertz CT molecular complexity index is 627. The van der Waals surface area contributed by atoms with Crippen molar-refractivity contribution in [3.05, 3.63) is 24.2 Å². The van der Waals surface area contributed by atoms with Gasteiger partial charge < -0.3 is 19.3 Å². The number of likely N-dealkylation sites (tertiary alicyclic amines) is 2. The summed E-state index contributed by atoms with van der Waals surface area (Å²) in [5.41, 5.74) is 0. The fraction of sp³-hybridized carbons (Fsp3) is 0.588. The summed E-state index contributed by atoms with van der Waals surface area (Å²) >= 11 is 0. The number of piperidine rings is 1. The Kier molecular flexibility index (Phi) is 4.59. The van der Waals surface area contributed by atoms with Crippen LogP contribution in [0.4, 0.5) is 0 Å². The average molecular weight is 334 g/mol. The van der Waals surface area contributed by atoms with Gasteiger partial charge in [-0.25, -0.2) is 0 Å². The normalized spacial score (nSPS) is 27.5. The average Bonchev–Trinajstić information content (AvgIpc) is 3.17. The van der Waals surface area contributed by atoms with Gasteiger partial charge in [-0.05, 0) is 31.9 Å². The highest BCUT2D eigenvalue weighted by Crippen LogP contribution is 2.28. The minimum Gasteiger partial charge on any atom is -0.481 e. The molecule has 2 aliphatic rings. The van der Waals surface area contributed by atoms with Gasteiger partial charge in [0.2, 0.25) is 11.8 Å². The molecular formula is C17H22N2O5. The number of rotatable bonds is 4. The molecule has 0 saturated carbocycles. The predicted octanol–water partition coefficient (Wildman–Crippen LogP) is 1.34. The number of hydrogen-bond donors (Lipinski definition) is 1. The maximum atomic E-state index is 12.8. The van der Waals surface area contributed by atoms with Gasteiger partial charge in [0.1, 0.15) is 5.76 Å². The van der Waals surface area contributed by atoms with Crippen LogP contribution in [0, 0.1) is 11.8 Å². The van der Waals surface area contributed by atoms with E-state index in [2.05, 4.69) is 0 Å². The summed E-state index contributed by atoms with van der Waals surface area (Å²) in [7, 11) is 0. The summed E-state index contributed by atoms with van der Waals surface area (Å²) in [4.78, 5) is 39.6. The van der Waals surface area contributed by atoms with Crippen molar-refractivity contribution in [2.75, 3.05) is 13.1 Å². The fourth-order valence-electron chi connectivity index (χ4n) is 3.70. The van der Waals surface area contributed by atoms with Crippen LogP contribution in [-0.2, 0) is 20.9 Å². The molecule has 24 heavy (non-hydrogen) atoms. The zero-order valence-electron chi connectivity index (χ0n) is 13.7. The van der Waals surface area contributed by atoms with Crippen molar-refractivity contribution < 1.29 is 23.9 Å². The van der Waals surface area contributed by atoms with E-state index < -0.39 is 17.8 Å². The molecule has 1 aromatic heterocycles. The Hall–Kier alpha value is -2.31. The number of carbonyl (C=O) groups is 3. The Labute approximate surface area is 140 Å². The molecule has 0 bridgehead atoms. The molecule has 0 spiro atoms. The maximum Gasteiger partial charge on any atom is 0.308 e. The lowest BCUT2D eigenvalue weighted by molar-refractivity contribution is -0.150. The highest BCUT2D eigenvalue weighted by Gasteiger charge is 2.41. The van der Waals surface area contributed by atoms with Gasteiger partial charge in [-0.2, -0.15) is 0 Å². The van der Waals surface area contributed by atoms with E-state index in [1.807, 2.05) is 0 Å². The molecular weight excluding hydrogens is 312 g/mol. The van der Waals surface area contributed by atoms with Crippen molar-refractivity contribution in [1.82, 2.24) is 9.80 Å². The lowest BCUT2D eigenvalue weighted by Gasteiger charge is -2.38. The molecule has 3 rings (SSSR count).